The van der Waals surface area contributed by atoms with Gasteiger partial charge in [0.05, 0.1) is 0 Å². The largest absolute Gasteiger partial charge is 0.365 e. The fourth-order valence-electron chi connectivity index (χ4n) is 2.00. The van der Waals surface area contributed by atoms with Crippen molar-refractivity contribution in [3.05, 3.63) is 24.0 Å². The zero-order valence-electron chi connectivity index (χ0n) is 9.76. The molecule has 1 aromatic rings. The van der Waals surface area contributed by atoms with Crippen LogP contribution in [-0.4, -0.2) is 53.3 Å². The van der Waals surface area contributed by atoms with Crippen molar-refractivity contribution < 1.29 is 9.59 Å². The van der Waals surface area contributed by atoms with Gasteiger partial charge in [-0.25, -0.2) is 0 Å². The third kappa shape index (κ3) is 3.09. The summed E-state index contributed by atoms with van der Waals surface area (Å²) in [6.45, 7) is 2.61. The first-order valence-electron chi connectivity index (χ1n) is 5.89. The Morgan fingerprint density at radius 3 is 2.71 bits per heavy atom. The van der Waals surface area contributed by atoms with E-state index in [1.165, 1.54) is 0 Å². The second-order valence-corrected chi connectivity index (χ2v) is 4.22. The van der Waals surface area contributed by atoms with E-state index in [9.17, 15) is 9.59 Å². The van der Waals surface area contributed by atoms with Crippen LogP contribution in [0.3, 0.4) is 0 Å². The van der Waals surface area contributed by atoms with Crippen LogP contribution in [0.15, 0.2) is 18.3 Å². The third-order valence-electron chi connectivity index (χ3n) is 3.09. The molecule has 1 saturated heterocycles. The lowest BCUT2D eigenvalue weighted by Gasteiger charge is -2.32. The highest BCUT2D eigenvalue weighted by Crippen LogP contribution is 2.05. The molecular weight excluding hydrogens is 218 g/mol. The van der Waals surface area contributed by atoms with Crippen molar-refractivity contribution in [2.45, 2.75) is 12.8 Å². The van der Waals surface area contributed by atoms with Crippen molar-refractivity contribution in [1.29, 1.82) is 0 Å². The molecule has 0 saturated carbocycles. The van der Waals surface area contributed by atoms with E-state index in [4.69, 9.17) is 0 Å². The maximum atomic E-state index is 11.9. The van der Waals surface area contributed by atoms with Gasteiger partial charge in [-0.05, 0) is 18.6 Å². The average molecular weight is 235 g/mol. The van der Waals surface area contributed by atoms with Crippen LogP contribution in [0, 0.1) is 0 Å². The Balaban J connectivity index is 1.75. The second-order valence-electron chi connectivity index (χ2n) is 4.22. The van der Waals surface area contributed by atoms with Crippen LogP contribution in [-0.2, 0) is 16.0 Å². The van der Waals surface area contributed by atoms with Crippen molar-refractivity contribution in [2.24, 2.45) is 0 Å². The van der Waals surface area contributed by atoms with Crippen molar-refractivity contribution in [2.75, 3.05) is 26.2 Å². The van der Waals surface area contributed by atoms with Gasteiger partial charge in [0.1, 0.15) is 0 Å². The smallest absolute Gasteiger partial charge is 0.223 e. The first-order valence-corrected chi connectivity index (χ1v) is 5.89. The fraction of sp³-hybridized carbons (Fsp3) is 0.500. The summed E-state index contributed by atoms with van der Waals surface area (Å²) in [5, 5.41) is 0. The number of carbonyl (C=O) groups is 2. The van der Waals surface area contributed by atoms with Crippen LogP contribution in [0.5, 0.6) is 0 Å². The molecule has 0 atom stereocenters. The van der Waals surface area contributed by atoms with E-state index < -0.39 is 0 Å². The van der Waals surface area contributed by atoms with E-state index in [-0.39, 0.29) is 5.91 Å². The Bertz CT molecular complexity index is 367. The van der Waals surface area contributed by atoms with E-state index >= 15 is 0 Å². The van der Waals surface area contributed by atoms with Gasteiger partial charge < -0.3 is 14.8 Å². The lowest BCUT2D eigenvalue weighted by atomic mass is 10.2. The van der Waals surface area contributed by atoms with Gasteiger partial charge in [-0.1, -0.05) is 0 Å². The monoisotopic (exact) mass is 235 g/mol. The predicted octanol–water partition coefficient (Wildman–Crippen LogP) is 0.248. The summed E-state index contributed by atoms with van der Waals surface area (Å²) in [7, 11) is 0. The third-order valence-corrected chi connectivity index (χ3v) is 3.09. The molecule has 0 aromatic carbocycles. The molecule has 0 radical (unpaired) electrons. The Labute approximate surface area is 100 Å². The molecule has 1 fully saturated rings. The molecule has 0 aliphatic carbocycles. The number of rotatable bonds is 4. The van der Waals surface area contributed by atoms with Crippen LogP contribution >= 0.6 is 0 Å². The standard InChI is InChI=1S/C12H17N3O2/c16-10-14-6-8-15(9-7-14)12(17)4-3-11-2-1-5-13-11/h1-2,5,10,13H,3-4,6-9H2. The Kier molecular flexibility index (Phi) is 3.80. The van der Waals surface area contributed by atoms with Crippen molar-refractivity contribution in [3.63, 3.8) is 0 Å². The van der Waals surface area contributed by atoms with Crippen LogP contribution < -0.4 is 0 Å². The molecule has 2 amide bonds. The van der Waals surface area contributed by atoms with E-state index in [0.29, 0.717) is 32.6 Å². The molecule has 1 aliphatic rings. The second kappa shape index (κ2) is 5.52. The molecule has 92 valence electrons. The molecule has 0 bridgehead atoms. The Morgan fingerprint density at radius 1 is 1.35 bits per heavy atom. The first-order chi connectivity index (χ1) is 8.29. The number of hydrogen-bond acceptors (Lipinski definition) is 2. The summed E-state index contributed by atoms with van der Waals surface area (Å²) in [5.41, 5.74) is 1.09. The van der Waals surface area contributed by atoms with Gasteiger partial charge in [-0.15, -0.1) is 0 Å². The Hall–Kier alpha value is -1.78. The van der Waals surface area contributed by atoms with Gasteiger partial charge in [0.15, 0.2) is 0 Å². The highest BCUT2D eigenvalue weighted by molar-refractivity contribution is 5.76. The van der Waals surface area contributed by atoms with Gasteiger partial charge in [0.25, 0.3) is 0 Å². The summed E-state index contributed by atoms with van der Waals surface area (Å²) in [5.74, 6) is 0.171. The van der Waals surface area contributed by atoms with Crippen LogP contribution in [0.25, 0.3) is 0 Å². The minimum atomic E-state index is 0.171. The van der Waals surface area contributed by atoms with E-state index in [1.807, 2.05) is 23.2 Å². The van der Waals surface area contributed by atoms with Crippen molar-refractivity contribution in [1.82, 2.24) is 14.8 Å². The van der Waals surface area contributed by atoms with Crippen LogP contribution in [0.2, 0.25) is 0 Å². The van der Waals surface area contributed by atoms with Crippen LogP contribution in [0.4, 0.5) is 0 Å². The zero-order valence-corrected chi connectivity index (χ0v) is 9.76. The number of nitrogens with one attached hydrogen (secondary N) is 1. The molecule has 5 heteroatoms. The Morgan fingerprint density at radius 2 is 2.12 bits per heavy atom. The van der Waals surface area contributed by atoms with Gasteiger partial charge in [-0.3, -0.25) is 9.59 Å². The number of aromatic nitrogens is 1. The SMILES string of the molecule is O=CN1CCN(C(=O)CCc2ccc[nH]2)CC1. The summed E-state index contributed by atoms with van der Waals surface area (Å²) < 4.78 is 0. The molecule has 1 aliphatic heterocycles. The van der Waals surface area contributed by atoms with Gasteiger partial charge >= 0.3 is 0 Å². The number of piperazine rings is 1. The number of hydrogen-bond donors (Lipinski definition) is 1. The maximum absolute atomic E-state index is 11.9. The molecule has 17 heavy (non-hydrogen) atoms. The molecule has 1 N–H and O–H groups in total. The summed E-state index contributed by atoms with van der Waals surface area (Å²) >= 11 is 0. The molecular formula is C12H17N3O2. The number of aryl methyl sites for hydroxylation is 1. The minimum absolute atomic E-state index is 0.171. The normalized spacial score (nSPS) is 16.0. The highest BCUT2D eigenvalue weighted by atomic mass is 16.2. The molecule has 0 unspecified atom stereocenters. The van der Waals surface area contributed by atoms with Crippen LogP contribution in [0.1, 0.15) is 12.1 Å². The number of aromatic amines is 1. The molecule has 2 heterocycles. The first kappa shape index (κ1) is 11.7. The highest BCUT2D eigenvalue weighted by Gasteiger charge is 2.19. The summed E-state index contributed by atoms with van der Waals surface area (Å²) in [6, 6.07) is 3.92. The lowest BCUT2D eigenvalue weighted by molar-refractivity contribution is -0.135. The number of amides is 2. The maximum Gasteiger partial charge on any atom is 0.223 e. The minimum Gasteiger partial charge on any atom is -0.365 e. The van der Waals surface area contributed by atoms with E-state index in [1.54, 1.807) is 4.90 Å². The quantitative estimate of drug-likeness (QED) is 0.760. The van der Waals surface area contributed by atoms with Crippen molar-refractivity contribution in [3.8, 4) is 0 Å². The van der Waals surface area contributed by atoms with E-state index in [0.717, 1.165) is 18.5 Å². The van der Waals surface area contributed by atoms with E-state index in [2.05, 4.69) is 4.98 Å². The zero-order chi connectivity index (χ0) is 12.1. The molecule has 0 spiro atoms. The average Bonchev–Trinajstić information content (AvgIpc) is 2.89. The molecule has 2 rings (SSSR count). The summed E-state index contributed by atoms with van der Waals surface area (Å²) in [6.07, 6.45) is 3.99. The number of nitrogens with zero attached hydrogens (tertiary/aromatic N) is 2. The number of carbonyl (C=O) groups excluding carboxylic acids is 2. The molecule has 1 aromatic heterocycles. The van der Waals surface area contributed by atoms with Gasteiger partial charge in [-0.2, -0.15) is 0 Å². The fourth-order valence-corrected chi connectivity index (χ4v) is 2.00. The lowest BCUT2D eigenvalue weighted by Crippen LogP contribution is -2.48. The van der Waals surface area contributed by atoms with Gasteiger partial charge in [0, 0.05) is 44.5 Å². The molecule has 5 nitrogen and oxygen atoms in total. The topological polar surface area (TPSA) is 56.4 Å². The predicted molar refractivity (Wildman–Crippen MR) is 63.3 cm³/mol. The number of H-pyrrole nitrogens is 1. The van der Waals surface area contributed by atoms with Gasteiger partial charge in [0.2, 0.25) is 12.3 Å². The van der Waals surface area contributed by atoms with Crippen molar-refractivity contribution >= 4 is 12.3 Å². The summed E-state index contributed by atoms with van der Waals surface area (Å²) in [4.78, 5) is 29.1.